The Morgan fingerprint density at radius 3 is 2.52 bits per heavy atom. The van der Waals surface area contributed by atoms with E-state index in [1.54, 1.807) is 12.5 Å². The number of benzene rings is 2. The highest BCUT2D eigenvalue weighted by atomic mass is 16.1. The van der Waals surface area contributed by atoms with Crippen molar-refractivity contribution < 1.29 is 4.79 Å². The molecule has 1 amide bonds. The van der Waals surface area contributed by atoms with Gasteiger partial charge in [-0.25, -0.2) is 4.98 Å². The fraction of sp³-hybridized carbons (Fsp3) is 0. The average molecular weight is 328 g/mol. The van der Waals surface area contributed by atoms with Crippen molar-refractivity contribution in [2.75, 3.05) is 5.32 Å². The Morgan fingerprint density at radius 1 is 0.880 bits per heavy atom. The van der Waals surface area contributed by atoms with Crippen LogP contribution >= 0.6 is 0 Å². The van der Waals surface area contributed by atoms with Gasteiger partial charge >= 0.3 is 0 Å². The fourth-order valence-corrected chi connectivity index (χ4v) is 2.65. The third kappa shape index (κ3) is 3.21. The van der Waals surface area contributed by atoms with Crippen LogP contribution in [0.15, 0.2) is 91.8 Å². The van der Waals surface area contributed by atoms with Crippen LogP contribution in [0.2, 0.25) is 0 Å². The third-order valence-electron chi connectivity index (χ3n) is 3.92. The summed E-state index contributed by atoms with van der Waals surface area (Å²) in [5.41, 5.74) is 3.31. The topological polar surface area (TPSA) is 51.9 Å². The molecule has 0 spiro atoms. The van der Waals surface area contributed by atoms with Gasteiger partial charge in [0.25, 0.3) is 5.91 Å². The highest BCUT2D eigenvalue weighted by Crippen LogP contribution is 2.16. The second-order valence-corrected chi connectivity index (χ2v) is 5.62. The Bertz CT molecular complexity index is 987. The number of amides is 1. The smallest absolute Gasteiger partial charge is 0.257 e. The molecule has 0 atom stereocenters. The van der Waals surface area contributed by atoms with Gasteiger partial charge in [-0.1, -0.05) is 24.3 Å². The van der Waals surface area contributed by atoms with E-state index < -0.39 is 0 Å². The highest BCUT2D eigenvalue weighted by molar-refractivity contribution is 6.04. The Hall–Kier alpha value is -3.60. The van der Waals surface area contributed by atoms with Crippen molar-refractivity contribution >= 4 is 11.6 Å². The van der Waals surface area contributed by atoms with Gasteiger partial charge in [-0.2, -0.15) is 0 Å². The summed E-state index contributed by atoms with van der Waals surface area (Å²) < 4.78 is 3.82. The number of carbonyl (C=O) groups is 1. The Balaban J connectivity index is 1.53. The number of para-hydroxylation sites is 1. The van der Waals surface area contributed by atoms with Crippen LogP contribution in [0.25, 0.3) is 11.4 Å². The first-order valence-electron chi connectivity index (χ1n) is 7.93. The number of hydrogen-bond donors (Lipinski definition) is 1. The molecule has 0 bridgehead atoms. The zero-order valence-electron chi connectivity index (χ0n) is 13.4. The molecule has 5 heteroatoms. The quantitative estimate of drug-likeness (QED) is 0.617. The van der Waals surface area contributed by atoms with Crippen molar-refractivity contribution in [2.45, 2.75) is 0 Å². The zero-order chi connectivity index (χ0) is 17.1. The van der Waals surface area contributed by atoms with Crippen molar-refractivity contribution in [3.05, 3.63) is 97.3 Å². The molecule has 0 aliphatic heterocycles. The van der Waals surface area contributed by atoms with E-state index in [1.807, 2.05) is 88.4 Å². The number of nitrogens with one attached hydrogen (secondary N) is 1. The monoisotopic (exact) mass is 328 g/mol. The van der Waals surface area contributed by atoms with Crippen LogP contribution in [0.3, 0.4) is 0 Å². The predicted octanol–water partition coefficient (Wildman–Crippen LogP) is 3.92. The minimum absolute atomic E-state index is 0.141. The van der Waals surface area contributed by atoms with Crippen molar-refractivity contribution in [3.63, 3.8) is 0 Å². The molecule has 0 aliphatic rings. The van der Waals surface area contributed by atoms with E-state index in [0.29, 0.717) is 5.56 Å². The second-order valence-electron chi connectivity index (χ2n) is 5.62. The molecule has 25 heavy (non-hydrogen) atoms. The molecule has 2 heterocycles. The largest absolute Gasteiger partial charge is 0.323 e. The number of aromatic nitrogens is 3. The van der Waals surface area contributed by atoms with Gasteiger partial charge < -0.3 is 14.5 Å². The van der Waals surface area contributed by atoms with Crippen LogP contribution in [0.5, 0.6) is 0 Å². The molecule has 0 fully saturated rings. The Morgan fingerprint density at radius 2 is 1.72 bits per heavy atom. The lowest BCUT2D eigenvalue weighted by Gasteiger charge is -2.07. The maximum Gasteiger partial charge on any atom is 0.257 e. The van der Waals surface area contributed by atoms with Gasteiger partial charge in [0.2, 0.25) is 0 Å². The van der Waals surface area contributed by atoms with Gasteiger partial charge in [-0.15, -0.1) is 0 Å². The van der Waals surface area contributed by atoms with Crippen molar-refractivity contribution in [1.82, 2.24) is 14.1 Å². The fourth-order valence-electron chi connectivity index (χ4n) is 2.65. The van der Waals surface area contributed by atoms with E-state index in [2.05, 4.69) is 10.3 Å². The van der Waals surface area contributed by atoms with Crippen LogP contribution in [-0.2, 0) is 0 Å². The summed E-state index contributed by atoms with van der Waals surface area (Å²) in [6.45, 7) is 0. The number of anilines is 1. The minimum Gasteiger partial charge on any atom is -0.323 e. The van der Waals surface area contributed by atoms with E-state index in [4.69, 9.17) is 0 Å². The number of imidazole rings is 1. The van der Waals surface area contributed by atoms with Crippen LogP contribution in [0.1, 0.15) is 10.4 Å². The highest BCUT2D eigenvalue weighted by Gasteiger charge is 2.09. The number of nitrogens with zero attached hydrogens (tertiary/aromatic N) is 3. The SMILES string of the molecule is O=C(Nc1cccc(-n2ccnc2)c1)c1ccn(-c2ccccc2)c1. The normalized spacial score (nSPS) is 10.6. The maximum absolute atomic E-state index is 12.5. The van der Waals surface area contributed by atoms with Gasteiger partial charge in [0.05, 0.1) is 11.9 Å². The molecular formula is C20H16N4O. The molecule has 4 rings (SSSR count). The predicted molar refractivity (Wildman–Crippen MR) is 97.3 cm³/mol. The van der Waals surface area contributed by atoms with E-state index in [1.165, 1.54) is 0 Å². The van der Waals surface area contributed by atoms with Gasteiger partial charge in [-0.05, 0) is 36.4 Å². The number of carbonyl (C=O) groups excluding carboxylic acids is 1. The molecule has 2 aromatic carbocycles. The van der Waals surface area contributed by atoms with Crippen molar-refractivity contribution in [2.24, 2.45) is 0 Å². The standard InChI is InChI=1S/C20H16N4O/c25-20(16-9-11-23(14-16)18-6-2-1-3-7-18)22-17-5-4-8-19(13-17)24-12-10-21-15-24/h1-15H,(H,22,25). The molecule has 2 aromatic heterocycles. The van der Waals surface area contributed by atoms with Crippen LogP contribution in [-0.4, -0.2) is 20.0 Å². The molecule has 0 unspecified atom stereocenters. The lowest BCUT2D eigenvalue weighted by molar-refractivity contribution is 0.102. The van der Waals surface area contributed by atoms with Crippen molar-refractivity contribution in [1.29, 1.82) is 0 Å². The van der Waals surface area contributed by atoms with Crippen molar-refractivity contribution in [3.8, 4) is 11.4 Å². The van der Waals surface area contributed by atoms with Crippen LogP contribution in [0, 0.1) is 0 Å². The van der Waals surface area contributed by atoms with Crippen LogP contribution < -0.4 is 5.32 Å². The molecule has 1 N–H and O–H groups in total. The lowest BCUT2D eigenvalue weighted by atomic mass is 10.2. The summed E-state index contributed by atoms with van der Waals surface area (Å²) in [5, 5.41) is 2.94. The lowest BCUT2D eigenvalue weighted by Crippen LogP contribution is -2.11. The number of hydrogen-bond acceptors (Lipinski definition) is 2. The Kier molecular flexibility index (Phi) is 3.88. The first kappa shape index (κ1) is 15.0. The van der Waals surface area contributed by atoms with Crippen LogP contribution in [0.4, 0.5) is 5.69 Å². The summed E-state index contributed by atoms with van der Waals surface area (Å²) >= 11 is 0. The number of rotatable bonds is 4. The first-order chi connectivity index (χ1) is 12.3. The molecular weight excluding hydrogens is 312 g/mol. The summed E-state index contributed by atoms with van der Waals surface area (Å²) in [7, 11) is 0. The summed E-state index contributed by atoms with van der Waals surface area (Å²) in [5.74, 6) is -0.141. The minimum atomic E-state index is -0.141. The van der Waals surface area contributed by atoms with E-state index >= 15 is 0 Å². The third-order valence-corrected chi connectivity index (χ3v) is 3.92. The molecule has 0 saturated heterocycles. The molecule has 0 aliphatic carbocycles. The summed E-state index contributed by atoms with van der Waals surface area (Å²) in [6, 6.07) is 19.3. The average Bonchev–Trinajstić information content (AvgIpc) is 3.35. The van der Waals surface area contributed by atoms with Gasteiger partial charge in [0.1, 0.15) is 0 Å². The maximum atomic E-state index is 12.5. The van der Waals surface area contributed by atoms with Gasteiger partial charge in [0.15, 0.2) is 0 Å². The Labute approximate surface area is 145 Å². The molecule has 122 valence electrons. The molecule has 5 nitrogen and oxygen atoms in total. The summed E-state index contributed by atoms with van der Waals surface area (Å²) in [4.78, 5) is 16.6. The zero-order valence-corrected chi connectivity index (χ0v) is 13.4. The van der Waals surface area contributed by atoms with E-state index in [0.717, 1.165) is 17.1 Å². The molecule has 0 radical (unpaired) electrons. The van der Waals surface area contributed by atoms with E-state index in [9.17, 15) is 4.79 Å². The first-order valence-corrected chi connectivity index (χ1v) is 7.93. The second kappa shape index (κ2) is 6.49. The van der Waals surface area contributed by atoms with Gasteiger partial charge in [0, 0.05) is 41.8 Å². The molecule has 0 saturated carbocycles. The van der Waals surface area contributed by atoms with E-state index in [-0.39, 0.29) is 5.91 Å². The van der Waals surface area contributed by atoms with Gasteiger partial charge in [-0.3, -0.25) is 4.79 Å². The molecule has 4 aromatic rings. The summed E-state index contributed by atoms with van der Waals surface area (Å²) in [6.07, 6.45) is 9.01.